The highest BCUT2D eigenvalue weighted by molar-refractivity contribution is 5.70. The number of benzene rings is 1. The summed E-state index contributed by atoms with van der Waals surface area (Å²) in [6.45, 7) is 3.64. The van der Waals surface area contributed by atoms with E-state index in [4.69, 9.17) is 4.74 Å². The van der Waals surface area contributed by atoms with Gasteiger partial charge < -0.3 is 4.74 Å². The average Bonchev–Trinajstić information content (AvgIpc) is 2.30. The van der Waals surface area contributed by atoms with Crippen LogP contribution in [0.5, 0.6) is 5.75 Å². The summed E-state index contributed by atoms with van der Waals surface area (Å²) in [7, 11) is 0. The predicted molar refractivity (Wildman–Crippen MR) is 69.9 cm³/mol. The van der Waals surface area contributed by atoms with Crippen molar-refractivity contribution in [2.24, 2.45) is 0 Å². The van der Waals surface area contributed by atoms with Crippen molar-refractivity contribution in [2.75, 3.05) is 0 Å². The zero-order chi connectivity index (χ0) is 12.5. The van der Waals surface area contributed by atoms with Crippen molar-refractivity contribution in [3.05, 3.63) is 36.2 Å². The predicted octanol–water partition coefficient (Wildman–Crippen LogP) is 4.13. The zero-order valence-corrected chi connectivity index (χ0v) is 10.7. The molecule has 17 heavy (non-hydrogen) atoms. The lowest BCUT2D eigenvalue weighted by Gasteiger charge is -2.08. The molecule has 2 heteroatoms. The van der Waals surface area contributed by atoms with Crippen LogP contribution in [0.3, 0.4) is 0 Å². The van der Waals surface area contributed by atoms with Crippen molar-refractivity contribution >= 4 is 5.97 Å². The molecule has 0 heterocycles. The number of rotatable bonds is 7. The first kappa shape index (κ1) is 13.8. The molecular formula is C15H21O2. The standard InChI is InChI=1S/C15H21O2/c1-3-4-5-6-7-10-14-11-8-9-12-15(14)17-13(2)16/h8-12H,3-7H2,1-2H3. The molecule has 1 rings (SSSR count). The van der Waals surface area contributed by atoms with Crippen molar-refractivity contribution in [3.63, 3.8) is 0 Å². The Morgan fingerprint density at radius 3 is 2.71 bits per heavy atom. The van der Waals surface area contributed by atoms with Crippen LogP contribution in [0.4, 0.5) is 0 Å². The lowest BCUT2D eigenvalue weighted by Crippen LogP contribution is -2.03. The summed E-state index contributed by atoms with van der Waals surface area (Å²) in [6, 6.07) is 7.66. The molecule has 0 bridgehead atoms. The minimum atomic E-state index is -0.267. The van der Waals surface area contributed by atoms with Crippen molar-refractivity contribution in [1.82, 2.24) is 0 Å². The molecule has 0 aliphatic rings. The van der Waals surface area contributed by atoms with Crippen LogP contribution >= 0.6 is 0 Å². The molecule has 0 saturated heterocycles. The minimum Gasteiger partial charge on any atom is -0.426 e. The molecule has 0 atom stereocenters. The van der Waals surface area contributed by atoms with Crippen molar-refractivity contribution in [1.29, 1.82) is 0 Å². The molecule has 0 saturated carbocycles. The highest BCUT2D eigenvalue weighted by atomic mass is 16.5. The average molecular weight is 233 g/mol. The van der Waals surface area contributed by atoms with E-state index < -0.39 is 0 Å². The Kier molecular flexibility index (Phi) is 6.38. The zero-order valence-electron chi connectivity index (χ0n) is 10.7. The summed E-state index contributed by atoms with van der Waals surface area (Å²) in [5, 5.41) is 0. The molecule has 0 aliphatic carbocycles. The molecular weight excluding hydrogens is 212 g/mol. The van der Waals surface area contributed by atoms with E-state index in [-0.39, 0.29) is 5.97 Å². The van der Waals surface area contributed by atoms with Crippen LogP contribution in [0.2, 0.25) is 0 Å². The van der Waals surface area contributed by atoms with Crippen LogP contribution in [0.25, 0.3) is 0 Å². The normalized spacial score (nSPS) is 10.2. The fourth-order valence-corrected chi connectivity index (χ4v) is 1.73. The third-order valence-corrected chi connectivity index (χ3v) is 2.59. The first-order valence-corrected chi connectivity index (χ1v) is 6.34. The maximum absolute atomic E-state index is 10.9. The smallest absolute Gasteiger partial charge is 0.308 e. The van der Waals surface area contributed by atoms with E-state index in [1.165, 1.54) is 32.6 Å². The Labute approximate surface area is 104 Å². The van der Waals surface area contributed by atoms with Gasteiger partial charge in [-0.2, -0.15) is 0 Å². The number of carbonyl (C=O) groups is 1. The van der Waals surface area contributed by atoms with Crippen molar-refractivity contribution in [3.8, 4) is 5.75 Å². The molecule has 1 aromatic carbocycles. The molecule has 0 aromatic heterocycles. The number of esters is 1. The second kappa shape index (κ2) is 7.88. The van der Waals surface area contributed by atoms with E-state index in [1.807, 2.05) is 24.3 Å². The van der Waals surface area contributed by atoms with Gasteiger partial charge in [0.15, 0.2) is 0 Å². The van der Waals surface area contributed by atoms with E-state index in [2.05, 4.69) is 13.3 Å². The van der Waals surface area contributed by atoms with Gasteiger partial charge in [0, 0.05) is 6.92 Å². The number of hydrogen-bond donors (Lipinski definition) is 0. The van der Waals surface area contributed by atoms with Gasteiger partial charge in [0.1, 0.15) is 5.75 Å². The Morgan fingerprint density at radius 1 is 1.24 bits per heavy atom. The van der Waals surface area contributed by atoms with E-state index in [0.29, 0.717) is 5.75 Å². The molecule has 0 aliphatic heterocycles. The Morgan fingerprint density at radius 2 is 2.00 bits per heavy atom. The SMILES string of the molecule is CCCCCC[CH]c1ccccc1OC(C)=O. The van der Waals surface area contributed by atoms with Gasteiger partial charge in [-0.1, -0.05) is 50.8 Å². The maximum Gasteiger partial charge on any atom is 0.308 e. The van der Waals surface area contributed by atoms with Crippen molar-refractivity contribution in [2.45, 2.75) is 46.0 Å². The van der Waals surface area contributed by atoms with Crippen LogP contribution in [-0.4, -0.2) is 5.97 Å². The Balaban J connectivity index is 2.43. The third-order valence-electron chi connectivity index (χ3n) is 2.59. The van der Waals surface area contributed by atoms with Gasteiger partial charge in [-0.3, -0.25) is 4.79 Å². The van der Waals surface area contributed by atoms with Gasteiger partial charge in [0.2, 0.25) is 0 Å². The fourth-order valence-electron chi connectivity index (χ4n) is 1.73. The summed E-state index contributed by atoms with van der Waals surface area (Å²) in [4.78, 5) is 10.9. The minimum absolute atomic E-state index is 0.267. The lowest BCUT2D eigenvalue weighted by molar-refractivity contribution is -0.131. The van der Waals surface area contributed by atoms with E-state index >= 15 is 0 Å². The fraction of sp³-hybridized carbons (Fsp3) is 0.467. The first-order valence-electron chi connectivity index (χ1n) is 6.34. The molecule has 0 unspecified atom stereocenters. The van der Waals surface area contributed by atoms with Gasteiger partial charge in [0.25, 0.3) is 0 Å². The first-order chi connectivity index (χ1) is 8.24. The summed E-state index contributed by atoms with van der Waals surface area (Å²) in [5.74, 6) is 0.396. The number of hydrogen-bond acceptors (Lipinski definition) is 2. The molecule has 1 radical (unpaired) electrons. The largest absolute Gasteiger partial charge is 0.426 e. The van der Waals surface area contributed by atoms with Gasteiger partial charge in [-0.25, -0.2) is 0 Å². The highest BCUT2D eigenvalue weighted by Crippen LogP contribution is 2.22. The number of unbranched alkanes of at least 4 members (excludes halogenated alkanes) is 4. The van der Waals surface area contributed by atoms with E-state index in [1.54, 1.807) is 0 Å². The molecule has 93 valence electrons. The summed E-state index contributed by atoms with van der Waals surface area (Å²) < 4.78 is 5.15. The third kappa shape index (κ3) is 5.53. The lowest BCUT2D eigenvalue weighted by atomic mass is 10.0. The van der Waals surface area contributed by atoms with Gasteiger partial charge in [-0.05, 0) is 24.5 Å². The van der Waals surface area contributed by atoms with Crippen molar-refractivity contribution < 1.29 is 9.53 Å². The second-order valence-electron chi connectivity index (χ2n) is 4.18. The quantitative estimate of drug-likeness (QED) is 0.402. The molecule has 0 fully saturated rings. The van der Waals surface area contributed by atoms with Crippen LogP contribution in [0, 0.1) is 6.42 Å². The molecule has 1 aromatic rings. The van der Waals surface area contributed by atoms with Crippen LogP contribution in [0.1, 0.15) is 51.5 Å². The van der Waals surface area contributed by atoms with E-state index in [0.717, 1.165) is 12.0 Å². The second-order valence-corrected chi connectivity index (χ2v) is 4.18. The summed E-state index contributed by atoms with van der Waals surface area (Å²) in [6.07, 6.45) is 8.20. The van der Waals surface area contributed by atoms with E-state index in [9.17, 15) is 4.79 Å². The Bertz CT molecular complexity index is 345. The van der Waals surface area contributed by atoms with Gasteiger partial charge in [0.05, 0.1) is 0 Å². The van der Waals surface area contributed by atoms with Crippen LogP contribution in [0.15, 0.2) is 24.3 Å². The molecule has 2 nitrogen and oxygen atoms in total. The molecule has 0 spiro atoms. The topological polar surface area (TPSA) is 26.3 Å². The van der Waals surface area contributed by atoms with Crippen LogP contribution < -0.4 is 4.74 Å². The van der Waals surface area contributed by atoms with Gasteiger partial charge in [-0.15, -0.1) is 0 Å². The van der Waals surface area contributed by atoms with Gasteiger partial charge >= 0.3 is 5.97 Å². The summed E-state index contributed by atoms with van der Waals surface area (Å²) >= 11 is 0. The highest BCUT2D eigenvalue weighted by Gasteiger charge is 2.05. The van der Waals surface area contributed by atoms with Crippen LogP contribution in [-0.2, 0) is 4.79 Å². The number of ether oxygens (including phenoxy) is 1. The summed E-state index contributed by atoms with van der Waals surface area (Å²) in [5.41, 5.74) is 1.01. The Hall–Kier alpha value is -1.31. The molecule has 0 N–H and O–H groups in total. The molecule has 0 amide bonds. The number of para-hydroxylation sites is 1. The monoisotopic (exact) mass is 233 g/mol. The number of carbonyl (C=O) groups excluding carboxylic acids is 1. The maximum atomic E-state index is 10.9.